The van der Waals surface area contributed by atoms with E-state index >= 15 is 0 Å². The molecule has 19 heavy (non-hydrogen) atoms. The van der Waals surface area contributed by atoms with Crippen LogP contribution in [-0.4, -0.2) is 14.8 Å². The maximum absolute atomic E-state index is 5.46. The van der Waals surface area contributed by atoms with Gasteiger partial charge >= 0.3 is 0 Å². The highest BCUT2D eigenvalue weighted by atomic mass is 16.4. The van der Waals surface area contributed by atoms with Crippen molar-refractivity contribution in [2.75, 3.05) is 0 Å². The van der Waals surface area contributed by atoms with E-state index in [0.29, 0.717) is 6.54 Å². The molecule has 0 saturated carbocycles. The van der Waals surface area contributed by atoms with Gasteiger partial charge in [-0.1, -0.05) is 0 Å². The molecule has 0 aliphatic heterocycles. The average Bonchev–Trinajstić information content (AvgIpc) is 2.90. The van der Waals surface area contributed by atoms with Gasteiger partial charge in [0.25, 0.3) is 0 Å². The monoisotopic (exact) mass is 262 g/mol. The minimum absolute atomic E-state index is 0.229. The van der Waals surface area contributed by atoms with Crippen LogP contribution < -0.4 is 5.32 Å². The van der Waals surface area contributed by atoms with Crippen LogP contribution in [0.4, 0.5) is 0 Å². The van der Waals surface area contributed by atoms with E-state index in [2.05, 4.69) is 43.1 Å². The van der Waals surface area contributed by atoms with Crippen LogP contribution >= 0.6 is 0 Å². The third kappa shape index (κ3) is 2.87. The molecule has 0 aromatic carbocycles. The highest BCUT2D eigenvalue weighted by molar-refractivity contribution is 5.27. The summed E-state index contributed by atoms with van der Waals surface area (Å²) in [6.07, 6.45) is 1.74. The molecule has 0 radical (unpaired) electrons. The fourth-order valence-corrected chi connectivity index (χ4v) is 2.47. The average molecular weight is 262 g/mol. The molecule has 0 spiro atoms. The van der Waals surface area contributed by atoms with Crippen molar-refractivity contribution < 1.29 is 4.42 Å². The summed E-state index contributed by atoms with van der Waals surface area (Å²) in [6.45, 7) is 11.9. The third-order valence-electron chi connectivity index (χ3n) is 3.40. The molecule has 0 saturated heterocycles. The Labute approximate surface area is 114 Å². The zero-order chi connectivity index (χ0) is 14.0. The van der Waals surface area contributed by atoms with Gasteiger partial charge in [-0.2, -0.15) is 5.10 Å². The van der Waals surface area contributed by atoms with Crippen LogP contribution in [-0.2, 0) is 13.1 Å². The van der Waals surface area contributed by atoms with Crippen LogP contribution in [0.2, 0.25) is 0 Å². The van der Waals surface area contributed by atoms with Gasteiger partial charge in [0.1, 0.15) is 5.76 Å². The quantitative estimate of drug-likeness (QED) is 0.900. The van der Waals surface area contributed by atoms with Crippen molar-refractivity contribution in [3.8, 4) is 0 Å². The van der Waals surface area contributed by atoms with E-state index in [1.807, 2.05) is 11.6 Å². The summed E-state index contributed by atoms with van der Waals surface area (Å²) < 4.78 is 7.50. The molecule has 0 fully saturated rings. The summed E-state index contributed by atoms with van der Waals surface area (Å²) >= 11 is 0. The maximum atomic E-state index is 5.46. The number of nitrogens with one attached hydrogen (secondary N) is 1. The largest absolute Gasteiger partial charge is 0.445 e. The molecule has 1 N–H and O–H groups in total. The molecular weight excluding hydrogens is 240 g/mol. The van der Waals surface area contributed by atoms with Gasteiger partial charge < -0.3 is 9.73 Å². The van der Waals surface area contributed by atoms with Crippen LogP contribution in [0.5, 0.6) is 0 Å². The lowest BCUT2D eigenvalue weighted by Crippen LogP contribution is -2.19. The lowest BCUT2D eigenvalue weighted by Gasteiger charge is -2.13. The maximum Gasteiger partial charge on any atom is 0.208 e. The normalized spacial score (nSPS) is 12.9. The van der Waals surface area contributed by atoms with Crippen molar-refractivity contribution in [2.45, 2.75) is 53.8 Å². The molecule has 1 unspecified atom stereocenters. The molecule has 2 heterocycles. The van der Waals surface area contributed by atoms with Gasteiger partial charge in [0.05, 0.1) is 18.4 Å². The minimum Gasteiger partial charge on any atom is -0.445 e. The molecule has 0 aliphatic rings. The molecule has 0 bridgehead atoms. The Morgan fingerprint density at radius 3 is 2.63 bits per heavy atom. The number of hydrogen-bond donors (Lipinski definition) is 1. The van der Waals surface area contributed by atoms with Crippen molar-refractivity contribution in [1.82, 2.24) is 20.1 Å². The first-order valence-corrected chi connectivity index (χ1v) is 6.71. The fourth-order valence-electron chi connectivity index (χ4n) is 2.47. The summed E-state index contributed by atoms with van der Waals surface area (Å²) in [5, 5.41) is 7.98. The van der Waals surface area contributed by atoms with Crippen LogP contribution in [0.3, 0.4) is 0 Å². The molecule has 0 aliphatic carbocycles. The molecule has 2 aromatic heterocycles. The van der Waals surface area contributed by atoms with E-state index in [9.17, 15) is 0 Å². The molecule has 2 aromatic rings. The number of aryl methyl sites for hydroxylation is 3. The number of nitrogens with zero attached hydrogens (tertiary/aromatic N) is 3. The lowest BCUT2D eigenvalue weighted by atomic mass is 10.1. The highest BCUT2D eigenvalue weighted by Gasteiger charge is 2.17. The van der Waals surface area contributed by atoms with E-state index < -0.39 is 0 Å². The molecule has 104 valence electrons. The van der Waals surface area contributed by atoms with Gasteiger partial charge in [0.15, 0.2) is 0 Å². The van der Waals surface area contributed by atoms with Crippen molar-refractivity contribution in [2.24, 2.45) is 0 Å². The van der Waals surface area contributed by atoms with Gasteiger partial charge in [0, 0.05) is 23.8 Å². The molecule has 5 nitrogen and oxygen atoms in total. The topological polar surface area (TPSA) is 55.9 Å². The van der Waals surface area contributed by atoms with E-state index in [4.69, 9.17) is 4.42 Å². The summed E-state index contributed by atoms with van der Waals surface area (Å²) in [6, 6.07) is 0.229. The van der Waals surface area contributed by atoms with Gasteiger partial charge in [-0.3, -0.25) is 4.68 Å². The van der Waals surface area contributed by atoms with E-state index in [-0.39, 0.29) is 6.04 Å². The summed E-state index contributed by atoms with van der Waals surface area (Å²) in [7, 11) is 0. The molecule has 1 atom stereocenters. The zero-order valence-corrected chi connectivity index (χ0v) is 12.3. The SMILES string of the molecule is CCn1nc(C)c(C(C)NCc2ncc(C)o2)c1C. The first-order valence-electron chi connectivity index (χ1n) is 6.71. The van der Waals surface area contributed by atoms with Crippen LogP contribution in [0, 0.1) is 20.8 Å². The molecule has 2 rings (SSSR count). The standard InChI is InChI=1S/C14H22N4O/c1-6-18-12(5)14(11(4)17-18)10(3)15-8-13-16-7-9(2)19-13/h7,10,15H,6,8H2,1-5H3. The number of oxazole rings is 1. The Morgan fingerprint density at radius 1 is 1.37 bits per heavy atom. The van der Waals surface area contributed by atoms with Crippen molar-refractivity contribution in [1.29, 1.82) is 0 Å². The third-order valence-corrected chi connectivity index (χ3v) is 3.40. The number of aromatic nitrogens is 3. The Kier molecular flexibility index (Phi) is 4.04. The zero-order valence-electron chi connectivity index (χ0n) is 12.3. The first kappa shape index (κ1) is 13.8. The Bertz CT molecular complexity index is 556. The van der Waals surface area contributed by atoms with E-state index in [0.717, 1.165) is 23.9 Å². The van der Waals surface area contributed by atoms with Crippen LogP contribution in [0.15, 0.2) is 10.6 Å². The number of hydrogen-bond acceptors (Lipinski definition) is 4. The molecule has 0 amide bonds. The van der Waals surface area contributed by atoms with Gasteiger partial charge in [-0.25, -0.2) is 4.98 Å². The summed E-state index contributed by atoms with van der Waals surface area (Å²) in [5.41, 5.74) is 3.58. The summed E-state index contributed by atoms with van der Waals surface area (Å²) in [5.74, 6) is 1.57. The van der Waals surface area contributed by atoms with Crippen LogP contribution in [0.25, 0.3) is 0 Å². The Hall–Kier alpha value is -1.62. The van der Waals surface area contributed by atoms with Crippen LogP contribution in [0.1, 0.15) is 48.5 Å². The Balaban J connectivity index is 2.07. The first-order chi connectivity index (χ1) is 9.02. The smallest absolute Gasteiger partial charge is 0.208 e. The highest BCUT2D eigenvalue weighted by Crippen LogP contribution is 2.21. The van der Waals surface area contributed by atoms with Crippen molar-refractivity contribution in [3.63, 3.8) is 0 Å². The van der Waals surface area contributed by atoms with Gasteiger partial charge in [-0.05, 0) is 34.6 Å². The Morgan fingerprint density at radius 2 is 2.11 bits per heavy atom. The van der Waals surface area contributed by atoms with Crippen molar-refractivity contribution in [3.05, 3.63) is 34.8 Å². The van der Waals surface area contributed by atoms with E-state index in [1.54, 1.807) is 6.20 Å². The number of rotatable bonds is 5. The lowest BCUT2D eigenvalue weighted by molar-refractivity contribution is 0.431. The molecule has 5 heteroatoms. The second kappa shape index (κ2) is 5.57. The van der Waals surface area contributed by atoms with E-state index in [1.165, 1.54) is 11.3 Å². The predicted molar refractivity (Wildman–Crippen MR) is 73.9 cm³/mol. The molecular formula is C14H22N4O. The summed E-state index contributed by atoms with van der Waals surface area (Å²) in [4.78, 5) is 4.20. The predicted octanol–water partition coefficient (Wildman–Crippen LogP) is 2.67. The second-order valence-electron chi connectivity index (χ2n) is 4.87. The van der Waals surface area contributed by atoms with Gasteiger partial charge in [0.2, 0.25) is 5.89 Å². The second-order valence-corrected chi connectivity index (χ2v) is 4.87. The fraction of sp³-hybridized carbons (Fsp3) is 0.571. The van der Waals surface area contributed by atoms with Gasteiger partial charge in [-0.15, -0.1) is 0 Å². The van der Waals surface area contributed by atoms with Crippen molar-refractivity contribution >= 4 is 0 Å². The minimum atomic E-state index is 0.229.